The van der Waals surface area contributed by atoms with Crippen molar-refractivity contribution in [1.82, 2.24) is 10.3 Å². The van der Waals surface area contributed by atoms with E-state index < -0.39 is 0 Å². The van der Waals surface area contributed by atoms with Crippen LogP contribution in [0.2, 0.25) is 0 Å². The molecule has 3 N–H and O–H groups in total. The summed E-state index contributed by atoms with van der Waals surface area (Å²) in [7, 11) is 0. The van der Waals surface area contributed by atoms with Gasteiger partial charge in [0, 0.05) is 5.56 Å². The smallest absolute Gasteiger partial charge is 0.325 e. The topological polar surface area (TPSA) is 93.5 Å². The van der Waals surface area contributed by atoms with Gasteiger partial charge in [-0.2, -0.15) is 9.98 Å². The zero-order valence-corrected chi connectivity index (χ0v) is 12.1. The molecule has 22 heavy (non-hydrogen) atoms. The molecule has 0 unspecified atom stereocenters. The molecule has 0 fully saturated rings. The number of carbonyl (C=O) groups is 1. The Bertz CT molecular complexity index is 730. The molecule has 0 radical (unpaired) electrons. The molecular weight excluding hydrogens is 280 g/mol. The average molecular weight is 296 g/mol. The Labute approximate surface area is 128 Å². The molecule has 0 bridgehead atoms. The minimum Gasteiger partial charge on any atom is -0.422 e. The summed E-state index contributed by atoms with van der Waals surface area (Å²) in [6, 6.07) is 8.74. The first-order valence-corrected chi connectivity index (χ1v) is 6.60. The molecule has 0 spiro atoms. The molecular formula is C16H16N4O2. The minimum atomic E-state index is -0.356. The summed E-state index contributed by atoms with van der Waals surface area (Å²) in [4.78, 5) is 20.0. The van der Waals surface area contributed by atoms with Crippen LogP contribution in [0.3, 0.4) is 0 Å². The lowest BCUT2D eigenvalue weighted by atomic mass is 10.2. The number of aromatic nitrogens is 1. The van der Waals surface area contributed by atoms with Gasteiger partial charge in [0.15, 0.2) is 5.76 Å². The molecule has 2 aromatic rings. The summed E-state index contributed by atoms with van der Waals surface area (Å²) in [5, 5.41) is 2.47. The molecule has 1 heterocycles. The second kappa shape index (κ2) is 7.03. The number of nitrogens with one attached hydrogen (secondary N) is 1. The number of carbonyl (C=O) groups excluding carboxylic acids is 1. The Morgan fingerprint density at radius 3 is 2.77 bits per heavy atom. The highest BCUT2D eigenvalue weighted by molar-refractivity contribution is 6.05. The molecule has 0 aliphatic carbocycles. The van der Waals surface area contributed by atoms with E-state index in [4.69, 9.17) is 10.2 Å². The van der Waals surface area contributed by atoms with Crippen LogP contribution < -0.4 is 11.1 Å². The van der Waals surface area contributed by atoms with Gasteiger partial charge in [0.05, 0.1) is 0 Å². The largest absolute Gasteiger partial charge is 0.422 e. The van der Waals surface area contributed by atoms with E-state index in [0.717, 1.165) is 0 Å². The summed E-state index contributed by atoms with van der Waals surface area (Å²) in [5.74, 6) is 0.0715. The standard InChI is InChI=1S/C16H16N4O2/c1-3-8-13-12(4-2)18-16(22-13)20-15(17)19-14(21)11-9-6-5-7-10-11/h3-10H,2H2,1H3,(H3,17,18,19,20,21)/b8-3-. The van der Waals surface area contributed by atoms with Crippen molar-refractivity contribution in [3.8, 4) is 0 Å². The van der Waals surface area contributed by atoms with Gasteiger partial charge in [-0.3, -0.25) is 10.1 Å². The van der Waals surface area contributed by atoms with E-state index >= 15 is 0 Å². The Morgan fingerprint density at radius 1 is 1.41 bits per heavy atom. The lowest BCUT2D eigenvalue weighted by Gasteiger charge is -2.02. The second-order valence-electron chi connectivity index (χ2n) is 4.27. The fourth-order valence-corrected chi connectivity index (χ4v) is 1.71. The SMILES string of the molecule is C=Cc1nc(/N=C(\N)NC(=O)c2ccccc2)oc1/C=C\C. The number of hydrogen-bond donors (Lipinski definition) is 2. The minimum absolute atomic E-state index is 0.0499. The monoisotopic (exact) mass is 296 g/mol. The van der Waals surface area contributed by atoms with Crippen molar-refractivity contribution in [3.63, 3.8) is 0 Å². The molecule has 0 aliphatic heterocycles. The van der Waals surface area contributed by atoms with Gasteiger partial charge in [-0.1, -0.05) is 30.9 Å². The van der Waals surface area contributed by atoms with Gasteiger partial charge in [-0.05, 0) is 31.2 Å². The highest BCUT2D eigenvalue weighted by Gasteiger charge is 2.10. The lowest BCUT2D eigenvalue weighted by Crippen LogP contribution is -2.36. The van der Waals surface area contributed by atoms with Gasteiger partial charge in [0.25, 0.3) is 5.91 Å². The van der Waals surface area contributed by atoms with Crippen molar-refractivity contribution >= 4 is 30.0 Å². The molecule has 2 rings (SSSR count). The van der Waals surface area contributed by atoms with Crippen molar-refractivity contribution in [3.05, 3.63) is 60.0 Å². The Balaban J connectivity index is 2.15. The fourth-order valence-electron chi connectivity index (χ4n) is 1.71. The zero-order chi connectivity index (χ0) is 15.9. The number of guanidine groups is 1. The molecule has 6 nitrogen and oxygen atoms in total. The summed E-state index contributed by atoms with van der Waals surface area (Å²) in [6.45, 7) is 5.50. The number of amides is 1. The van der Waals surface area contributed by atoms with Crippen LogP contribution >= 0.6 is 0 Å². The van der Waals surface area contributed by atoms with E-state index in [2.05, 4.69) is 21.9 Å². The van der Waals surface area contributed by atoms with Crippen LogP contribution in [0, 0.1) is 0 Å². The Hall–Kier alpha value is -3.15. The number of aliphatic imine (C=N–C) groups is 1. The molecule has 1 aromatic carbocycles. The Kier molecular flexibility index (Phi) is 4.87. The number of rotatable bonds is 4. The van der Waals surface area contributed by atoms with Crippen molar-refractivity contribution in [1.29, 1.82) is 0 Å². The number of nitrogens with zero attached hydrogens (tertiary/aromatic N) is 2. The van der Waals surface area contributed by atoms with E-state index in [1.165, 1.54) is 0 Å². The van der Waals surface area contributed by atoms with Gasteiger partial charge < -0.3 is 10.2 Å². The molecule has 1 amide bonds. The molecule has 0 saturated carbocycles. The number of nitrogens with two attached hydrogens (primary N) is 1. The highest BCUT2D eigenvalue weighted by Crippen LogP contribution is 2.19. The van der Waals surface area contributed by atoms with Crippen LogP contribution in [0.5, 0.6) is 0 Å². The molecule has 112 valence electrons. The maximum absolute atomic E-state index is 11.9. The quantitative estimate of drug-likeness (QED) is 0.670. The van der Waals surface area contributed by atoms with Crippen molar-refractivity contribution in [2.45, 2.75) is 6.92 Å². The summed E-state index contributed by atoms with van der Waals surface area (Å²) >= 11 is 0. The number of benzene rings is 1. The highest BCUT2D eigenvalue weighted by atomic mass is 16.4. The van der Waals surface area contributed by atoms with E-state index in [1.54, 1.807) is 36.4 Å². The maximum atomic E-state index is 11.9. The van der Waals surface area contributed by atoms with Gasteiger partial charge >= 0.3 is 6.01 Å². The van der Waals surface area contributed by atoms with Crippen molar-refractivity contribution in [2.24, 2.45) is 10.7 Å². The van der Waals surface area contributed by atoms with Crippen molar-refractivity contribution in [2.75, 3.05) is 0 Å². The normalized spacial score (nSPS) is 11.6. The summed E-state index contributed by atoms with van der Waals surface area (Å²) < 4.78 is 5.42. The molecule has 1 aromatic heterocycles. The van der Waals surface area contributed by atoms with Gasteiger partial charge in [-0.15, -0.1) is 0 Å². The molecule has 6 heteroatoms. The van der Waals surface area contributed by atoms with Gasteiger partial charge in [-0.25, -0.2) is 0 Å². The fraction of sp³-hybridized carbons (Fsp3) is 0.0625. The summed E-state index contributed by atoms with van der Waals surface area (Å²) in [6.07, 6.45) is 5.10. The van der Waals surface area contributed by atoms with Crippen LogP contribution in [-0.4, -0.2) is 16.9 Å². The van der Waals surface area contributed by atoms with E-state index in [-0.39, 0.29) is 17.9 Å². The van der Waals surface area contributed by atoms with E-state index in [9.17, 15) is 4.79 Å². The van der Waals surface area contributed by atoms with Crippen LogP contribution in [0.1, 0.15) is 28.7 Å². The van der Waals surface area contributed by atoms with Crippen LogP contribution in [0.4, 0.5) is 6.01 Å². The first-order chi connectivity index (χ1) is 10.6. The number of allylic oxidation sites excluding steroid dienone is 1. The van der Waals surface area contributed by atoms with E-state index in [1.807, 2.05) is 19.1 Å². The van der Waals surface area contributed by atoms with Gasteiger partial charge in [0.2, 0.25) is 5.96 Å². The third-order valence-electron chi connectivity index (χ3n) is 2.67. The van der Waals surface area contributed by atoms with Crippen molar-refractivity contribution < 1.29 is 9.21 Å². The maximum Gasteiger partial charge on any atom is 0.325 e. The van der Waals surface area contributed by atoms with Crippen LogP contribution in [0.25, 0.3) is 12.2 Å². The average Bonchev–Trinajstić information content (AvgIpc) is 2.90. The Morgan fingerprint density at radius 2 is 2.14 bits per heavy atom. The van der Waals surface area contributed by atoms with E-state index in [0.29, 0.717) is 17.0 Å². The third-order valence-corrected chi connectivity index (χ3v) is 2.67. The first kappa shape index (κ1) is 15.2. The number of oxazole rings is 1. The molecule has 0 atom stereocenters. The molecule has 0 saturated heterocycles. The van der Waals surface area contributed by atoms with Crippen LogP contribution in [0.15, 0.2) is 52.4 Å². The van der Waals surface area contributed by atoms with Gasteiger partial charge in [0.1, 0.15) is 5.69 Å². The zero-order valence-electron chi connectivity index (χ0n) is 12.1. The lowest BCUT2D eigenvalue weighted by molar-refractivity contribution is 0.0976. The first-order valence-electron chi connectivity index (χ1n) is 6.60. The summed E-state index contributed by atoms with van der Waals surface area (Å²) in [5.41, 5.74) is 6.73. The second-order valence-corrected chi connectivity index (χ2v) is 4.27. The number of hydrogen-bond acceptors (Lipinski definition) is 4. The molecule has 0 aliphatic rings. The third kappa shape index (κ3) is 3.69. The van der Waals surface area contributed by atoms with Crippen LogP contribution in [-0.2, 0) is 0 Å². The predicted molar refractivity (Wildman–Crippen MR) is 86.5 cm³/mol. The predicted octanol–water partition coefficient (Wildman–Crippen LogP) is 2.73.